The molecule has 40 heavy (non-hydrogen) atoms. The lowest BCUT2D eigenvalue weighted by molar-refractivity contribution is 0.153. The molecule has 3 rings (SSSR count). The topological polar surface area (TPSA) is 151 Å². The molecule has 0 saturated carbocycles. The van der Waals surface area contributed by atoms with Crippen LogP contribution in [0.3, 0.4) is 0 Å². The van der Waals surface area contributed by atoms with Crippen molar-refractivity contribution in [3.05, 3.63) is 48.0 Å². The van der Waals surface area contributed by atoms with Gasteiger partial charge < -0.3 is 18.9 Å². The summed E-state index contributed by atoms with van der Waals surface area (Å²) >= 11 is 5.78. The van der Waals surface area contributed by atoms with Crippen molar-refractivity contribution in [1.82, 2.24) is 19.7 Å². The third-order valence-electron chi connectivity index (χ3n) is 5.67. The predicted molar refractivity (Wildman–Crippen MR) is 154 cm³/mol. The number of sulfonamides is 1. The number of ether oxygens (including phenoxy) is 4. The summed E-state index contributed by atoms with van der Waals surface area (Å²) in [6, 6.07) is 10.2. The molecule has 214 valence electrons. The van der Waals surface area contributed by atoms with E-state index >= 15 is 0 Å². The number of halogens is 1. The highest BCUT2D eigenvalue weighted by Crippen LogP contribution is 2.37. The average molecular weight is 592 g/mol. The van der Waals surface area contributed by atoms with Crippen LogP contribution in [0.1, 0.15) is 6.92 Å². The molecule has 3 aromatic rings. The zero-order valence-corrected chi connectivity index (χ0v) is 24.4. The largest absolute Gasteiger partial charge is 0.494 e. The summed E-state index contributed by atoms with van der Waals surface area (Å²) in [6.07, 6.45) is 0.187. The quantitative estimate of drug-likeness (QED) is 0.247. The van der Waals surface area contributed by atoms with Crippen molar-refractivity contribution in [2.75, 3.05) is 40.2 Å². The fourth-order valence-electron chi connectivity index (χ4n) is 3.72. The summed E-state index contributed by atoms with van der Waals surface area (Å²) in [6.45, 7) is 4.99. The van der Waals surface area contributed by atoms with Gasteiger partial charge in [0, 0.05) is 26.4 Å². The highest BCUT2D eigenvalue weighted by Gasteiger charge is 2.35. The number of aromatic nitrogens is 4. The highest BCUT2D eigenvalue weighted by atomic mass is 35.5. The predicted octanol–water partition coefficient (Wildman–Crippen LogP) is 3.35. The van der Waals surface area contributed by atoms with Gasteiger partial charge in [0.2, 0.25) is 21.9 Å². The molecule has 0 aliphatic rings. The molecule has 2 atom stereocenters. The van der Waals surface area contributed by atoms with Gasteiger partial charge in [0.25, 0.3) is 0 Å². The smallest absolute Gasteiger partial charge is 0.243 e. The molecule has 2 aromatic heterocycles. The number of nitrogens with one attached hydrogen (secondary N) is 1. The molecule has 0 saturated heterocycles. The average Bonchev–Trinajstić information content (AvgIpc) is 3.36. The normalized spacial score (nSPS) is 13.6. The highest BCUT2D eigenvalue weighted by molar-refractivity contribution is 7.93. The van der Waals surface area contributed by atoms with Gasteiger partial charge in [-0.3, -0.25) is 14.3 Å². The molecule has 1 aromatic carbocycles. The second-order valence-corrected chi connectivity index (χ2v) is 10.6. The van der Waals surface area contributed by atoms with Gasteiger partial charge in [0.05, 0.1) is 26.4 Å². The van der Waals surface area contributed by atoms with Gasteiger partial charge in [-0.25, -0.2) is 18.4 Å². The van der Waals surface area contributed by atoms with E-state index in [0.717, 1.165) is 0 Å². The standard InChI is InChI=1S/C25H30ClN7O6S/c1-15(26)14-28-23(27-3)22(39-7)16(2)40(34,35)32-25-31-30-24(17-10-8-13-20(29-17)38-6)33(25)21-18(36-4)11-9-12-19(21)37-5/h8-14,16,22H,1H2,2-7H3,(H,31,32)/b27-23-,28-14-/t16-,22+/m1/s1. The number of aliphatic imine (C=N–C) groups is 2. The summed E-state index contributed by atoms with van der Waals surface area (Å²) in [5.74, 6) is 1.18. The summed E-state index contributed by atoms with van der Waals surface area (Å²) in [7, 11) is 3.03. The van der Waals surface area contributed by atoms with Gasteiger partial charge in [-0.1, -0.05) is 30.3 Å². The summed E-state index contributed by atoms with van der Waals surface area (Å²) in [5, 5.41) is 7.35. The van der Waals surface area contributed by atoms with E-state index in [0.29, 0.717) is 28.8 Å². The van der Waals surface area contributed by atoms with Gasteiger partial charge in [-0.15, -0.1) is 10.2 Å². The second kappa shape index (κ2) is 13.4. The minimum Gasteiger partial charge on any atom is -0.494 e. The van der Waals surface area contributed by atoms with Gasteiger partial charge in [0.15, 0.2) is 11.7 Å². The summed E-state index contributed by atoms with van der Waals surface area (Å²) in [4.78, 5) is 12.6. The number of rotatable bonds is 12. The van der Waals surface area contributed by atoms with Crippen molar-refractivity contribution >= 4 is 39.6 Å². The molecule has 0 amide bonds. The number of para-hydroxylation sites is 1. The van der Waals surface area contributed by atoms with Crippen LogP contribution in [0.4, 0.5) is 5.95 Å². The summed E-state index contributed by atoms with van der Waals surface area (Å²) < 4.78 is 53.2. The van der Waals surface area contributed by atoms with E-state index in [-0.39, 0.29) is 22.6 Å². The van der Waals surface area contributed by atoms with Crippen LogP contribution in [0.25, 0.3) is 17.2 Å². The molecule has 0 spiro atoms. The van der Waals surface area contributed by atoms with Crippen LogP contribution in [0.2, 0.25) is 0 Å². The molecule has 2 heterocycles. The van der Waals surface area contributed by atoms with Gasteiger partial charge >= 0.3 is 0 Å². The molecule has 0 radical (unpaired) electrons. The third kappa shape index (κ3) is 6.58. The molecule has 0 fully saturated rings. The van der Waals surface area contributed by atoms with E-state index in [2.05, 4.69) is 36.5 Å². The van der Waals surface area contributed by atoms with Crippen LogP contribution >= 0.6 is 11.6 Å². The first-order chi connectivity index (χ1) is 19.1. The Bertz CT molecular complexity index is 1500. The van der Waals surface area contributed by atoms with Crippen LogP contribution in [-0.2, 0) is 14.8 Å². The Hall–Kier alpha value is -4.01. The van der Waals surface area contributed by atoms with Crippen LogP contribution in [0.15, 0.2) is 58.0 Å². The molecule has 15 heteroatoms. The number of allylic oxidation sites excluding steroid dienone is 1. The minimum atomic E-state index is -4.20. The Morgan fingerprint density at radius 2 is 1.73 bits per heavy atom. The Kier molecular flexibility index (Phi) is 10.2. The van der Waals surface area contributed by atoms with Crippen LogP contribution in [0.5, 0.6) is 17.4 Å². The van der Waals surface area contributed by atoms with E-state index in [1.807, 2.05) is 0 Å². The number of hydrogen-bond donors (Lipinski definition) is 1. The van der Waals surface area contributed by atoms with Crippen LogP contribution < -0.4 is 18.9 Å². The Labute approximate surface area is 237 Å². The van der Waals surface area contributed by atoms with E-state index in [4.69, 9.17) is 30.5 Å². The maximum absolute atomic E-state index is 13.7. The number of nitrogens with zero attached hydrogens (tertiary/aromatic N) is 6. The number of pyridine rings is 1. The number of benzene rings is 1. The first-order valence-electron chi connectivity index (χ1n) is 11.7. The van der Waals surface area contributed by atoms with Crippen molar-refractivity contribution in [3.63, 3.8) is 0 Å². The maximum Gasteiger partial charge on any atom is 0.243 e. The molecular formula is C25H30ClN7O6S. The molecule has 0 unspecified atom stereocenters. The van der Waals surface area contributed by atoms with E-state index in [9.17, 15) is 8.42 Å². The van der Waals surface area contributed by atoms with E-state index in [1.54, 1.807) is 36.4 Å². The lowest BCUT2D eigenvalue weighted by Gasteiger charge is -2.23. The van der Waals surface area contributed by atoms with Crippen molar-refractivity contribution < 1.29 is 27.4 Å². The number of anilines is 1. The number of methoxy groups -OCH3 is 4. The summed E-state index contributed by atoms with van der Waals surface area (Å²) in [5.41, 5.74) is 0.691. The SMILES string of the molecule is C=C(Cl)/C=N\C(=N/C)[C@@H](OC)[C@@H](C)S(=O)(=O)Nc1nnc(-c2cccc(OC)n2)n1-c1c(OC)cccc1OC. The zero-order chi connectivity index (χ0) is 29.4. The Balaban J connectivity index is 2.19. The fourth-order valence-corrected chi connectivity index (χ4v) is 4.90. The minimum absolute atomic E-state index is 0.0938. The fraction of sp³-hybridized carbons (Fsp3) is 0.320. The molecule has 0 aliphatic heterocycles. The van der Waals surface area contributed by atoms with E-state index in [1.165, 1.54) is 53.2 Å². The van der Waals surface area contributed by atoms with Crippen LogP contribution in [-0.4, -0.2) is 87.1 Å². The number of hydrogen-bond acceptors (Lipinski definition) is 10. The molecule has 13 nitrogen and oxygen atoms in total. The van der Waals surface area contributed by atoms with Crippen molar-refractivity contribution in [3.8, 4) is 34.6 Å². The van der Waals surface area contributed by atoms with Crippen molar-refractivity contribution in [2.45, 2.75) is 18.3 Å². The maximum atomic E-state index is 13.7. The van der Waals surface area contributed by atoms with Crippen molar-refractivity contribution in [2.24, 2.45) is 9.98 Å². The zero-order valence-electron chi connectivity index (χ0n) is 22.8. The molecule has 0 bridgehead atoms. The molecular weight excluding hydrogens is 562 g/mol. The first kappa shape index (κ1) is 30.5. The van der Waals surface area contributed by atoms with Gasteiger partial charge in [0.1, 0.15) is 34.2 Å². The monoisotopic (exact) mass is 591 g/mol. The van der Waals surface area contributed by atoms with Gasteiger partial charge in [-0.2, -0.15) is 0 Å². The Morgan fingerprint density at radius 1 is 1.07 bits per heavy atom. The Morgan fingerprint density at radius 3 is 2.27 bits per heavy atom. The lowest BCUT2D eigenvalue weighted by Crippen LogP contribution is -2.41. The van der Waals surface area contributed by atoms with Crippen molar-refractivity contribution in [1.29, 1.82) is 0 Å². The first-order valence-corrected chi connectivity index (χ1v) is 13.6. The van der Waals surface area contributed by atoms with Gasteiger partial charge in [-0.05, 0) is 25.1 Å². The van der Waals surface area contributed by atoms with Crippen LogP contribution in [0, 0.1) is 0 Å². The molecule has 0 aliphatic carbocycles. The third-order valence-corrected chi connectivity index (χ3v) is 7.46. The number of amidine groups is 1. The lowest BCUT2D eigenvalue weighted by atomic mass is 10.2. The van der Waals surface area contributed by atoms with E-state index < -0.39 is 21.4 Å². The molecule has 1 N–H and O–H groups in total. The second-order valence-electron chi connectivity index (χ2n) is 8.05.